The van der Waals surface area contributed by atoms with Crippen molar-refractivity contribution in [2.24, 2.45) is 0 Å². The Balaban J connectivity index is 1.90. The van der Waals surface area contributed by atoms with E-state index in [-0.39, 0.29) is 5.91 Å². The Bertz CT molecular complexity index is 1000. The van der Waals surface area contributed by atoms with E-state index in [1.165, 1.54) is 0 Å². The molecule has 1 N–H and O–H groups in total. The number of carbonyl (C=O) groups is 1. The van der Waals surface area contributed by atoms with Crippen molar-refractivity contribution >= 4 is 53.4 Å². The highest BCUT2D eigenvalue weighted by molar-refractivity contribution is 7.80. The zero-order chi connectivity index (χ0) is 21.7. The molecule has 1 amide bonds. The smallest absolute Gasteiger partial charge is 0.225 e. The number of benzene rings is 1. The fraction of sp³-hybridized carbons (Fsp3) is 0.435. The minimum Gasteiger partial charge on any atom is -0.360 e. The lowest BCUT2D eigenvalue weighted by atomic mass is 9.98. The largest absolute Gasteiger partial charge is 0.360 e. The number of ether oxygens (including phenoxy) is 1. The van der Waals surface area contributed by atoms with Crippen molar-refractivity contribution in [3.05, 3.63) is 42.0 Å². The standard InChI is InChI=1S/C23H31N3O2SSi/c1-5-7-22(27)24-23-20-11-10-18(17-8-6-9-19(29)14-17)15-21(20)26(25-23)16-28-12-13-30(2,3)4/h6,8,10-11,14-15H,5,7,9,12-13,16H2,1-4H3,(H,24,25,27). The molecule has 1 aromatic carbocycles. The first kappa shape index (κ1) is 22.6. The third-order valence-corrected chi connectivity index (χ3v) is 6.95. The first-order valence-corrected chi connectivity index (χ1v) is 14.7. The van der Waals surface area contributed by atoms with E-state index >= 15 is 0 Å². The molecule has 30 heavy (non-hydrogen) atoms. The average molecular weight is 442 g/mol. The lowest BCUT2D eigenvalue weighted by molar-refractivity contribution is -0.116. The third kappa shape index (κ3) is 5.96. The number of aromatic nitrogens is 2. The summed E-state index contributed by atoms with van der Waals surface area (Å²) in [5.41, 5.74) is 3.12. The Morgan fingerprint density at radius 3 is 2.83 bits per heavy atom. The molecule has 0 spiro atoms. The second-order valence-electron chi connectivity index (χ2n) is 8.90. The second kappa shape index (κ2) is 9.81. The van der Waals surface area contributed by atoms with Crippen LogP contribution in [0, 0.1) is 0 Å². The lowest BCUT2D eigenvalue weighted by Gasteiger charge is -2.15. The number of amides is 1. The van der Waals surface area contributed by atoms with Crippen LogP contribution in [0.5, 0.6) is 0 Å². The number of hydrogen-bond acceptors (Lipinski definition) is 4. The van der Waals surface area contributed by atoms with Crippen molar-refractivity contribution in [1.82, 2.24) is 9.78 Å². The first-order valence-electron chi connectivity index (χ1n) is 10.6. The molecule has 3 rings (SSSR count). The molecule has 1 aromatic heterocycles. The Morgan fingerprint density at radius 1 is 1.33 bits per heavy atom. The quantitative estimate of drug-likeness (QED) is 0.303. The van der Waals surface area contributed by atoms with Gasteiger partial charge >= 0.3 is 0 Å². The average Bonchev–Trinajstić information content (AvgIpc) is 3.01. The van der Waals surface area contributed by atoms with E-state index < -0.39 is 8.07 Å². The molecule has 0 aliphatic heterocycles. The van der Waals surface area contributed by atoms with Gasteiger partial charge in [0.05, 0.1) is 5.52 Å². The molecule has 1 aliphatic rings. The maximum absolute atomic E-state index is 12.2. The zero-order valence-electron chi connectivity index (χ0n) is 18.3. The third-order valence-electron chi connectivity index (χ3n) is 4.96. The molecular weight excluding hydrogens is 410 g/mol. The summed E-state index contributed by atoms with van der Waals surface area (Å²) in [6, 6.07) is 7.28. The van der Waals surface area contributed by atoms with E-state index in [0.29, 0.717) is 19.0 Å². The monoisotopic (exact) mass is 441 g/mol. The van der Waals surface area contributed by atoms with E-state index in [2.05, 4.69) is 54.3 Å². The fourth-order valence-corrected chi connectivity index (χ4v) is 4.24. The molecule has 0 saturated heterocycles. The van der Waals surface area contributed by atoms with Crippen LogP contribution >= 0.6 is 12.2 Å². The highest BCUT2D eigenvalue weighted by Crippen LogP contribution is 2.29. The van der Waals surface area contributed by atoms with Crippen LogP contribution in [-0.2, 0) is 16.3 Å². The molecular formula is C23H31N3O2SSi. The van der Waals surface area contributed by atoms with Crippen LogP contribution < -0.4 is 5.32 Å². The summed E-state index contributed by atoms with van der Waals surface area (Å²) in [6.07, 6.45) is 8.34. The van der Waals surface area contributed by atoms with Gasteiger partial charge in [-0.2, -0.15) is 5.10 Å². The van der Waals surface area contributed by atoms with Gasteiger partial charge in [-0.1, -0.05) is 57.0 Å². The van der Waals surface area contributed by atoms with Crippen LogP contribution in [0.3, 0.4) is 0 Å². The molecule has 1 heterocycles. The molecule has 2 aromatic rings. The number of thiocarbonyl (C=S) groups is 1. The summed E-state index contributed by atoms with van der Waals surface area (Å²) in [5.74, 6) is 0.573. The number of nitrogens with one attached hydrogen (secondary N) is 1. The molecule has 5 nitrogen and oxygen atoms in total. The molecule has 0 bridgehead atoms. The molecule has 0 saturated carbocycles. The minimum absolute atomic E-state index is 0.0175. The molecule has 0 fully saturated rings. The van der Waals surface area contributed by atoms with Gasteiger partial charge in [-0.05, 0) is 41.8 Å². The predicted molar refractivity (Wildman–Crippen MR) is 132 cm³/mol. The van der Waals surface area contributed by atoms with Gasteiger partial charge in [-0.25, -0.2) is 4.68 Å². The van der Waals surface area contributed by atoms with E-state index in [4.69, 9.17) is 17.0 Å². The summed E-state index contributed by atoms with van der Waals surface area (Å²) in [7, 11) is -1.15. The topological polar surface area (TPSA) is 56.2 Å². The zero-order valence-corrected chi connectivity index (χ0v) is 20.1. The number of anilines is 1. The van der Waals surface area contributed by atoms with Crippen molar-refractivity contribution in [2.45, 2.75) is 58.6 Å². The summed E-state index contributed by atoms with van der Waals surface area (Å²) < 4.78 is 7.79. The Morgan fingerprint density at radius 2 is 2.13 bits per heavy atom. The first-order chi connectivity index (χ1) is 14.3. The maximum Gasteiger partial charge on any atom is 0.225 e. The number of fused-ring (bicyclic) bond motifs is 1. The van der Waals surface area contributed by atoms with Crippen molar-refractivity contribution < 1.29 is 9.53 Å². The van der Waals surface area contributed by atoms with E-state index in [1.54, 1.807) is 0 Å². The molecule has 1 aliphatic carbocycles. The summed E-state index contributed by atoms with van der Waals surface area (Å²) in [4.78, 5) is 13.1. The minimum atomic E-state index is -1.15. The van der Waals surface area contributed by atoms with Gasteiger partial charge in [0.15, 0.2) is 5.82 Å². The summed E-state index contributed by atoms with van der Waals surface area (Å²) >= 11 is 5.37. The van der Waals surface area contributed by atoms with Crippen LogP contribution in [0.1, 0.15) is 31.7 Å². The molecule has 7 heteroatoms. The number of allylic oxidation sites excluding steroid dienone is 4. The van der Waals surface area contributed by atoms with Crippen molar-refractivity contribution in [2.75, 3.05) is 11.9 Å². The predicted octanol–water partition coefficient (Wildman–Crippen LogP) is 5.80. The molecule has 0 atom stereocenters. The van der Waals surface area contributed by atoms with Crippen LogP contribution in [0.4, 0.5) is 5.82 Å². The van der Waals surface area contributed by atoms with Crippen LogP contribution in [-0.4, -0.2) is 35.2 Å². The molecule has 0 radical (unpaired) electrons. The van der Waals surface area contributed by atoms with Gasteiger partial charge in [0.1, 0.15) is 6.73 Å². The highest BCUT2D eigenvalue weighted by atomic mass is 32.1. The maximum atomic E-state index is 12.2. The molecule has 0 unspecified atom stereocenters. The number of carbonyl (C=O) groups excluding carboxylic acids is 1. The van der Waals surface area contributed by atoms with E-state index in [1.807, 2.05) is 23.7 Å². The van der Waals surface area contributed by atoms with Gasteiger partial charge in [0, 0.05) is 37.8 Å². The number of hydrogen-bond donors (Lipinski definition) is 1. The van der Waals surface area contributed by atoms with Gasteiger partial charge in [0.25, 0.3) is 0 Å². The van der Waals surface area contributed by atoms with Crippen LogP contribution in [0.2, 0.25) is 25.7 Å². The van der Waals surface area contributed by atoms with Crippen LogP contribution in [0.25, 0.3) is 16.5 Å². The van der Waals surface area contributed by atoms with Gasteiger partial charge in [0.2, 0.25) is 5.91 Å². The van der Waals surface area contributed by atoms with Gasteiger partial charge in [-0.15, -0.1) is 0 Å². The summed E-state index contributed by atoms with van der Waals surface area (Å²) in [6.45, 7) is 10.1. The van der Waals surface area contributed by atoms with Crippen molar-refractivity contribution in [3.8, 4) is 0 Å². The van der Waals surface area contributed by atoms with Crippen molar-refractivity contribution in [3.63, 3.8) is 0 Å². The normalized spacial score (nSPS) is 14.3. The number of nitrogens with zero attached hydrogens (tertiary/aromatic N) is 2. The van der Waals surface area contributed by atoms with E-state index in [0.717, 1.165) is 52.4 Å². The SMILES string of the molecule is CCCC(=O)Nc1nn(COCC[Si](C)(C)C)c2cc(C3=CC(=S)CC=C3)ccc12. The molecule has 160 valence electrons. The van der Waals surface area contributed by atoms with E-state index in [9.17, 15) is 4.79 Å². The Labute approximate surface area is 185 Å². The van der Waals surface area contributed by atoms with Crippen molar-refractivity contribution in [1.29, 1.82) is 0 Å². The van der Waals surface area contributed by atoms with Gasteiger partial charge < -0.3 is 10.1 Å². The Kier molecular flexibility index (Phi) is 7.39. The summed E-state index contributed by atoms with van der Waals surface area (Å²) in [5, 5.41) is 8.53. The highest BCUT2D eigenvalue weighted by Gasteiger charge is 2.16. The fourth-order valence-electron chi connectivity index (χ4n) is 3.26. The Hall–Kier alpha value is -2.09. The second-order valence-corrected chi connectivity index (χ2v) is 15.0. The number of rotatable bonds is 9. The van der Waals surface area contributed by atoms with Gasteiger partial charge in [-0.3, -0.25) is 4.79 Å². The lowest BCUT2D eigenvalue weighted by Crippen LogP contribution is -2.22. The van der Waals surface area contributed by atoms with Crippen LogP contribution in [0.15, 0.2) is 36.4 Å².